The quantitative estimate of drug-likeness (QED) is 0.419. The van der Waals surface area contributed by atoms with Crippen LogP contribution < -0.4 is 4.74 Å². The molecule has 0 aromatic carbocycles. The zero-order valence-corrected chi connectivity index (χ0v) is 18.8. The Hall–Kier alpha value is -4.11. The van der Waals surface area contributed by atoms with Crippen molar-refractivity contribution in [3.8, 4) is 23.2 Å². The number of nitrogens with zero attached hydrogens (tertiary/aromatic N) is 8. The van der Waals surface area contributed by atoms with Gasteiger partial charge in [-0.2, -0.15) is 10.4 Å². The summed E-state index contributed by atoms with van der Waals surface area (Å²) >= 11 is 0. The second-order valence-electron chi connectivity index (χ2n) is 8.36. The molecule has 1 unspecified atom stereocenters. The van der Waals surface area contributed by atoms with Gasteiger partial charge in [0.1, 0.15) is 22.8 Å². The van der Waals surface area contributed by atoms with Crippen molar-refractivity contribution >= 4 is 5.52 Å². The summed E-state index contributed by atoms with van der Waals surface area (Å²) in [6, 6.07) is 4.34. The molecule has 0 aliphatic carbocycles. The van der Waals surface area contributed by atoms with Crippen LogP contribution in [0.2, 0.25) is 0 Å². The molecule has 1 aliphatic rings. The Morgan fingerprint density at radius 1 is 1.26 bits per heavy atom. The van der Waals surface area contributed by atoms with Crippen LogP contribution >= 0.6 is 0 Å². The minimum absolute atomic E-state index is 0.0863. The van der Waals surface area contributed by atoms with Crippen molar-refractivity contribution in [2.75, 3.05) is 19.7 Å². The Labute approximate surface area is 199 Å². The maximum absolute atomic E-state index is 14.6. The smallest absolute Gasteiger partial charge is 0.179 e. The monoisotopic (exact) mass is 480 g/mol. The van der Waals surface area contributed by atoms with E-state index in [4.69, 9.17) is 10.00 Å². The summed E-state index contributed by atoms with van der Waals surface area (Å²) in [6.45, 7) is 2.76. The first-order chi connectivity index (χ1) is 17.0. The molecule has 0 saturated carbocycles. The molecular formula is C23H22F2N8O2. The topological polar surface area (TPSA) is 117 Å². The van der Waals surface area contributed by atoms with Crippen LogP contribution in [0.3, 0.4) is 0 Å². The van der Waals surface area contributed by atoms with Crippen LogP contribution in [-0.2, 0) is 0 Å². The average Bonchev–Trinajstić information content (AvgIpc) is 3.45. The molecule has 5 rings (SSSR count). The SMILES string of the molecule is Cc1c(-c2cc(OC(CO)c3ccc(F)cn3)c3c(F)cnn3c2)nnn1C1CCN(C#N)CC1. The van der Waals surface area contributed by atoms with Gasteiger partial charge in [0, 0.05) is 24.8 Å². The summed E-state index contributed by atoms with van der Waals surface area (Å²) in [4.78, 5) is 5.69. The Balaban J connectivity index is 1.50. The van der Waals surface area contributed by atoms with E-state index in [0.29, 0.717) is 30.0 Å². The number of hydrogen-bond donors (Lipinski definition) is 1. The van der Waals surface area contributed by atoms with Crippen molar-refractivity contribution in [3.05, 3.63) is 59.8 Å². The summed E-state index contributed by atoms with van der Waals surface area (Å²) in [7, 11) is 0. The predicted octanol–water partition coefficient (Wildman–Crippen LogP) is 2.80. The minimum Gasteiger partial charge on any atom is -0.479 e. The average molecular weight is 480 g/mol. The minimum atomic E-state index is -0.953. The van der Waals surface area contributed by atoms with Gasteiger partial charge in [-0.15, -0.1) is 5.10 Å². The molecule has 1 saturated heterocycles. The first kappa shape index (κ1) is 22.7. The molecule has 0 spiro atoms. The van der Waals surface area contributed by atoms with Gasteiger partial charge in [-0.05, 0) is 38.0 Å². The molecule has 4 aromatic rings. The molecule has 12 heteroatoms. The maximum Gasteiger partial charge on any atom is 0.179 e. The third-order valence-corrected chi connectivity index (χ3v) is 6.20. The van der Waals surface area contributed by atoms with Crippen LogP contribution in [0.5, 0.6) is 5.75 Å². The largest absolute Gasteiger partial charge is 0.479 e. The highest BCUT2D eigenvalue weighted by atomic mass is 19.1. The Morgan fingerprint density at radius 2 is 2.06 bits per heavy atom. The van der Waals surface area contributed by atoms with E-state index in [-0.39, 0.29) is 17.3 Å². The van der Waals surface area contributed by atoms with E-state index < -0.39 is 24.3 Å². The van der Waals surface area contributed by atoms with E-state index in [2.05, 4.69) is 26.6 Å². The summed E-state index contributed by atoms with van der Waals surface area (Å²) < 4.78 is 37.0. The number of piperidine rings is 1. The number of rotatable bonds is 6. The Morgan fingerprint density at radius 3 is 2.74 bits per heavy atom. The van der Waals surface area contributed by atoms with E-state index in [1.165, 1.54) is 16.6 Å². The van der Waals surface area contributed by atoms with E-state index in [1.54, 1.807) is 17.2 Å². The number of nitriles is 1. The predicted molar refractivity (Wildman–Crippen MR) is 119 cm³/mol. The number of halogens is 2. The molecule has 1 aliphatic heterocycles. The first-order valence-corrected chi connectivity index (χ1v) is 11.1. The Kier molecular flexibility index (Phi) is 6.00. The fourth-order valence-corrected chi connectivity index (χ4v) is 4.35. The van der Waals surface area contributed by atoms with Crippen molar-refractivity contribution in [3.63, 3.8) is 0 Å². The highest BCUT2D eigenvalue weighted by Gasteiger charge is 2.25. The number of hydrogen-bond acceptors (Lipinski definition) is 8. The molecule has 1 atom stereocenters. The summed E-state index contributed by atoms with van der Waals surface area (Å²) in [5, 5.41) is 31.8. The molecule has 4 aromatic heterocycles. The van der Waals surface area contributed by atoms with Crippen LogP contribution in [0.25, 0.3) is 16.8 Å². The molecule has 0 bridgehead atoms. The number of fused-ring (bicyclic) bond motifs is 1. The van der Waals surface area contributed by atoms with Crippen molar-refractivity contribution in [1.29, 1.82) is 5.26 Å². The van der Waals surface area contributed by atoms with Gasteiger partial charge in [0.15, 0.2) is 18.1 Å². The van der Waals surface area contributed by atoms with Gasteiger partial charge >= 0.3 is 0 Å². The van der Waals surface area contributed by atoms with Crippen molar-refractivity contribution in [1.82, 2.24) is 34.5 Å². The summed E-state index contributed by atoms with van der Waals surface area (Å²) in [6.07, 6.45) is 6.50. The second kappa shape index (κ2) is 9.27. The lowest BCUT2D eigenvalue weighted by atomic mass is 10.0. The van der Waals surface area contributed by atoms with Gasteiger partial charge in [0.05, 0.1) is 36.4 Å². The highest BCUT2D eigenvalue weighted by Crippen LogP contribution is 2.34. The fourth-order valence-electron chi connectivity index (χ4n) is 4.35. The standard InChI is InChI=1S/C23H22F2N8O2/c1-14-22(29-30-33(14)17-4-6-31(13-26)7-5-17)15-8-20(23-18(25)10-28-32(23)11-15)35-21(12-34)19-3-2-16(24)9-27-19/h2-3,8-11,17,21,34H,4-7,12H2,1H3. The number of aliphatic hydroxyl groups excluding tert-OH is 1. The van der Waals surface area contributed by atoms with E-state index >= 15 is 0 Å². The zero-order valence-electron chi connectivity index (χ0n) is 18.8. The molecule has 1 N–H and O–H groups in total. The Bertz CT molecular complexity index is 1390. The number of pyridine rings is 2. The van der Waals surface area contributed by atoms with Gasteiger partial charge < -0.3 is 14.7 Å². The highest BCUT2D eigenvalue weighted by molar-refractivity contribution is 5.70. The molecule has 10 nitrogen and oxygen atoms in total. The van der Waals surface area contributed by atoms with Crippen molar-refractivity contribution < 1.29 is 18.6 Å². The normalized spacial score (nSPS) is 15.3. The van der Waals surface area contributed by atoms with Crippen LogP contribution in [-0.4, -0.2) is 59.3 Å². The van der Waals surface area contributed by atoms with Gasteiger partial charge in [0.2, 0.25) is 0 Å². The molecule has 0 radical (unpaired) electrons. The van der Waals surface area contributed by atoms with Crippen molar-refractivity contribution in [2.45, 2.75) is 31.9 Å². The van der Waals surface area contributed by atoms with Crippen LogP contribution in [0.15, 0.2) is 36.8 Å². The maximum atomic E-state index is 14.6. The number of aliphatic hydroxyl groups is 1. The van der Waals surface area contributed by atoms with Gasteiger partial charge in [-0.1, -0.05) is 5.21 Å². The number of aromatic nitrogens is 6. The van der Waals surface area contributed by atoms with Crippen LogP contribution in [0, 0.1) is 30.0 Å². The van der Waals surface area contributed by atoms with Gasteiger partial charge in [-0.3, -0.25) is 4.98 Å². The fraction of sp³-hybridized carbons (Fsp3) is 0.348. The lowest BCUT2D eigenvalue weighted by Crippen LogP contribution is -2.31. The van der Waals surface area contributed by atoms with Crippen LogP contribution in [0.1, 0.15) is 36.4 Å². The third-order valence-electron chi connectivity index (χ3n) is 6.20. The zero-order chi connectivity index (χ0) is 24.5. The lowest BCUT2D eigenvalue weighted by molar-refractivity contribution is 0.114. The van der Waals surface area contributed by atoms with E-state index in [9.17, 15) is 13.9 Å². The lowest BCUT2D eigenvalue weighted by Gasteiger charge is -2.28. The summed E-state index contributed by atoms with van der Waals surface area (Å²) in [5.41, 5.74) is 2.37. The third kappa shape index (κ3) is 4.26. The first-order valence-electron chi connectivity index (χ1n) is 11.1. The molecule has 5 heterocycles. The molecule has 0 amide bonds. The number of likely N-dealkylation sites (tertiary alicyclic amines) is 1. The molecular weight excluding hydrogens is 458 g/mol. The molecule has 35 heavy (non-hydrogen) atoms. The second-order valence-corrected chi connectivity index (χ2v) is 8.36. The van der Waals surface area contributed by atoms with Gasteiger partial charge in [-0.25, -0.2) is 18.0 Å². The van der Waals surface area contributed by atoms with Crippen molar-refractivity contribution in [2.24, 2.45) is 0 Å². The molecule has 180 valence electrons. The summed E-state index contributed by atoms with van der Waals surface area (Å²) in [5.74, 6) is -0.993. The molecule has 1 fully saturated rings. The van der Waals surface area contributed by atoms with E-state index in [1.807, 2.05) is 11.6 Å². The van der Waals surface area contributed by atoms with E-state index in [0.717, 1.165) is 30.9 Å². The van der Waals surface area contributed by atoms with Crippen LogP contribution in [0.4, 0.5) is 8.78 Å². The number of ether oxygens (including phenoxy) is 1. The van der Waals surface area contributed by atoms with Gasteiger partial charge in [0.25, 0.3) is 0 Å².